The highest BCUT2D eigenvalue weighted by Gasteiger charge is 2.15. The Morgan fingerprint density at radius 3 is 2.66 bits per heavy atom. The minimum Gasteiger partial charge on any atom is -0.367 e. The smallest absolute Gasteiger partial charge is 0.274 e. The second-order valence-electron chi connectivity index (χ2n) is 6.50. The van der Waals surface area contributed by atoms with Crippen LogP contribution < -0.4 is 5.56 Å². The van der Waals surface area contributed by atoms with E-state index in [9.17, 15) is 4.79 Å². The lowest BCUT2D eigenvalue weighted by Crippen LogP contribution is -2.16. The molecule has 0 bridgehead atoms. The van der Waals surface area contributed by atoms with Crippen molar-refractivity contribution in [2.24, 2.45) is 0 Å². The van der Waals surface area contributed by atoms with Crippen LogP contribution in [0, 0.1) is 0 Å². The Labute approximate surface area is 172 Å². The molecule has 1 atom stereocenters. The van der Waals surface area contributed by atoms with Crippen LogP contribution in [-0.4, -0.2) is 19.6 Å². The van der Waals surface area contributed by atoms with Crippen molar-refractivity contribution in [1.29, 1.82) is 0 Å². The molecule has 29 heavy (non-hydrogen) atoms. The van der Waals surface area contributed by atoms with Gasteiger partial charge in [-0.2, -0.15) is 9.50 Å². The molecular weight excluding hydrogens is 388 g/mol. The third kappa shape index (κ3) is 4.13. The first-order valence-corrected chi connectivity index (χ1v) is 9.54. The van der Waals surface area contributed by atoms with Gasteiger partial charge >= 0.3 is 0 Å². The van der Waals surface area contributed by atoms with Crippen molar-refractivity contribution in [1.82, 2.24) is 19.6 Å². The Morgan fingerprint density at radius 1 is 1.14 bits per heavy atom. The molecule has 0 saturated heterocycles. The van der Waals surface area contributed by atoms with Crippen LogP contribution in [0.25, 0.3) is 17.2 Å². The molecule has 0 aliphatic rings. The number of fused-ring (bicyclic) bond motifs is 1. The van der Waals surface area contributed by atoms with Gasteiger partial charge in [0.1, 0.15) is 0 Å². The number of hydrogen-bond acceptors (Lipinski definition) is 4. The number of hydrogen-bond donors (Lipinski definition) is 1. The molecule has 1 unspecified atom stereocenters. The normalized spacial score (nSPS) is 12.2. The summed E-state index contributed by atoms with van der Waals surface area (Å²) < 4.78 is 7.35. The van der Waals surface area contributed by atoms with Gasteiger partial charge in [0, 0.05) is 16.7 Å². The van der Waals surface area contributed by atoms with E-state index in [2.05, 4.69) is 21.6 Å². The number of benzene rings is 2. The molecule has 0 aliphatic heterocycles. The molecule has 0 saturated carbocycles. The summed E-state index contributed by atoms with van der Waals surface area (Å²) in [7, 11) is 0. The van der Waals surface area contributed by atoms with Gasteiger partial charge in [-0.1, -0.05) is 66.2 Å². The van der Waals surface area contributed by atoms with Crippen LogP contribution >= 0.6 is 11.6 Å². The molecule has 6 nitrogen and oxygen atoms in total. The summed E-state index contributed by atoms with van der Waals surface area (Å²) in [5.74, 6) is 0.877. The third-order valence-corrected chi connectivity index (χ3v) is 4.84. The number of nitrogens with one attached hydrogen (secondary N) is 1. The third-order valence-electron chi connectivity index (χ3n) is 4.50. The van der Waals surface area contributed by atoms with Crippen molar-refractivity contribution in [2.45, 2.75) is 19.1 Å². The van der Waals surface area contributed by atoms with Crippen molar-refractivity contribution >= 4 is 17.4 Å². The number of H-pyrrole nitrogens is 1. The van der Waals surface area contributed by atoms with E-state index in [1.165, 1.54) is 10.6 Å². The first kappa shape index (κ1) is 19.1. The second kappa shape index (κ2) is 8.43. The topological polar surface area (TPSA) is 72.3 Å². The van der Waals surface area contributed by atoms with Gasteiger partial charge in [0.05, 0.1) is 18.4 Å². The first-order chi connectivity index (χ1) is 14.2. The van der Waals surface area contributed by atoms with Crippen LogP contribution in [0.4, 0.5) is 0 Å². The summed E-state index contributed by atoms with van der Waals surface area (Å²) in [6.07, 6.45) is 2.09. The molecule has 4 rings (SSSR count). The van der Waals surface area contributed by atoms with E-state index in [4.69, 9.17) is 16.3 Å². The van der Waals surface area contributed by atoms with E-state index in [0.29, 0.717) is 28.7 Å². The van der Waals surface area contributed by atoms with Crippen LogP contribution in [-0.2, 0) is 11.3 Å². The lowest BCUT2D eigenvalue weighted by atomic mass is 10.1. The quantitative estimate of drug-likeness (QED) is 0.456. The Hall–Kier alpha value is -3.22. The van der Waals surface area contributed by atoms with E-state index in [0.717, 1.165) is 11.1 Å². The molecule has 0 spiro atoms. The minimum absolute atomic E-state index is 0.156. The summed E-state index contributed by atoms with van der Waals surface area (Å²) in [5.41, 5.74) is 2.00. The number of aromatic nitrogens is 4. The van der Waals surface area contributed by atoms with Crippen LogP contribution in [0.15, 0.2) is 78.1 Å². The maximum Gasteiger partial charge on any atom is 0.274 e. The molecule has 4 aromatic rings. The highest BCUT2D eigenvalue weighted by Crippen LogP contribution is 2.29. The fraction of sp³-hybridized carbons (Fsp3) is 0.136. The highest BCUT2D eigenvalue weighted by molar-refractivity contribution is 6.31. The first-order valence-electron chi connectivity index (χ1n) is 9.17. The average Bonchev–Trinajstić information content (AvgIpc) is 3.17. The molecule has 2 heterocycles. The standard InChI is InChI=1S/C22H19ClN4O2/c1-2-8-19(17-11-6-7-12-18(17)23)29-14-16-13-20(28)27-22(24-16)25-21(26-27)15-9-4-3-5-10-15/h2-7,9-13,19H,1,8,14H2,(H,24,25,26). The second-order valence-corrected chi connectivity index (χ2v) is 6.91. The van der Waals surface area contributed by atoms with Gasteiger partial charge in [-0.25, -0.2) is 4.98 Å². The molecule has 7 heteroatoms. The predicted octanol–water partition coefficient (Wildman–Crippen LogP) is 4.57. The van der Waals surface area contributed by atoms with E-state index < -0.39 is 0 Å². The summed E-state index contributed by atoms with van der Waals surface area (Å²) in [4.78, 5) is 21.4. The number of aromatic amines is 1. The maximum atomic E-state index is 12.5. The van der Waals surface area contributed by atoms with Crippen LogP contribution in [0.5, 0.6) is 0 Å². The van der Waals surface area contributed by atoms with Gasteiger partial charge in [-0.05, 0) is 18.1 Å². The molecule has 0 amide bonds. The number of ether oxygens (including phenoxy) is 1. The SMILES string of the molecule is C=CCC(OCc1cc(=O)n2[nH]c(-c3ccccc3)nc2n1)c1ccccc1Cl. The van der Waals surface area contributed by atoms with Gasteiger partial charge in [0.15, 0.2) is 5.82 Å². The number of halogens is 1. The lowest BCUT2D eigenvalue weighted by molar-refractivity contribution is 0.0399. The number of rotatable bonds is 7. The van der Waals surface area contributed by atoms with Crippen LogP contribution in [0.1, 0.15) is 23.8 Å². The molecule has 0 radical (unpaired) electrons. The minimum atomic E-state index is -0.277. The summed E-state index contributed by atoms with van der Waals surface area (Å²) >= 11 is 6.30. The molecule has 2 aromatic heterocycles. The van der Waals surface area contributed by atoms with Crippen molar-refractivity contribution in [2.75, 3.05) is 0 Å². The highest BCUT2D eigenvalue weighted by atomic mass is 35.5. The van der Waals surface area contributed by atoms with Crippen LogP contribution in [0.3, 0.4) is 0 Å². The molecule has 146 valence electrons. The molecule has 0 fully saturated rings. The Balaban J connectivity index is 1.60. The average molecular weight is 407 g/mol. The Morgan fingerprint density at radius 2 is 1.90 bits per heavy atom. The van der Waals surface area contributed by atoms with Gasteiger partial charge in [0.25, 0.3) is 11.3 Å². The fourth-order valence-corrected chi connectivity index (χ4v) is 3.34. The zero-order valence-corrected chi connectivity index (χ0v) is 16.3. The van der Waals surface area contributed by atoms with Crippen molar-refractivity contribution in [3.05, 3.63) is 100.0 Å². The summed E-state index contributed by atoms with van der Waals surface area (Å²) in [6, 6.07) is 18.5. The summed E-state index contributed by atoms with van der Waals surface area (Å²) in [5, 5.41) is 3.61. The van der Waals surface area contributed by atoms with E-state index in [1.807, 2.05) is 54.6 Å². The fourth-order valence-electron chi connectivity index (χ4n) is 3.08. The molecular formula is C22H19ClN4O2. The zero-order valence-electron chi connectivity index (χ0n) is 15.6. The molecule has 1 N–H and O–H groups in total. The van der Waals surface area contributed by atoms with E-state index >= 15 is 0 Å². The van der Waals surface area contributed by atoms with Crippen molar-refractivity contribution in [3.63, 3.8) is 0 Å². The lowest BCUT2D eigenvalue weighted by Gasteiger charge is -2.17. The molecule has 2 aromatic carbocycles. The van der Waals surface area contributed by atoms with Crippen molar-refractivity contribution in [3.8, 4) is 11.4 Å². The van der Waals surface area contributed by atoms with Gasteiger partial charge in [0.2, 0.25) is 0 Å². The molecule has 0 aliphatic carbocycles. The van der Waals surface area contributed by atoms with Gasteiger partial charge < -0.3 is 4.74 Å². The summed E-state index contributed by atoms with van der Waals surface area (Å²) in [6.45, 7) is 3.95. The van der Waals surface area contributed by atoms with Crippen molar-refractivity contribution < 1.29 is 4.74 Å². The van der Waals surface area contributed by atoms with E-state index in [1.54, 1.807) is 6.08 Å². The largest absolute Gasteiger partial charge is 0.367 e. The monoisotopic (exact) mass is 406 g/mol. The zero-order chi connectivity index (χ0) is 20.2. The van der Waals surface area contributed by atoms with Gasteiger partial charge in [-0.3, -0.25) is 9.89 Å². The van der Waals surface area contributed by atoms with E-state index in [-0.39, 0.29) is 18.3 Å². The van der Waals surface area contributed by atoms with Crippen LogP contribution in [0.2, 0.25) is 5.02 Å². The van der Waals surface area contributed by atoms with Gasteiger partial charge in [-0.15, -0.1) is 6.58 Å². The Kier molecular flexibility index (Phi) is 5.55. The predicted molar refractivity (Wildman–Crippen MR) is 113 cm³/mol. The number of nitrogens with zero attached hydrogens (tertiary/aromatic N) is 3. The Bertz CT molecular complexity index is 1200. The maximum absolute atomic E-state index is 12.5.